The van der Waals surface area contributed by atoms with E-state index in [1.807, 2.05) is 12.1 Å². The summed E-state index contributed by atoms with van der Waals surface area (Å²) in [6, 6.07) is 16.7. The lowest BCUT2D eigenvalue weighted by Gasteiger charge is -2.44. The molecule has 0 spiro atoms. The molecule has 0 amide bonds. The van der Waals surface area contributed by atoms with Gasteiger partial charge in [-0.3, -0.25) is 9.59 Å². The number of Topliss-reactive ketones (excluding diaryl/α,β-unsaturated/α-hetero) is 2. The molecule has 3 aromatic rings. The zero-order chi connectivity index (χ0) is 30.0. The summed E-state index contributed by atoms with van der Waals surface area (Å²) >= 11 is 2.29. The Balaban J connectivity index is 1.43. The average molecular weight is 676 g/mol. The van der Waals surface area contributed by atoms with Crippen LogP contribution in [-0.4, -0.2) is 18.7 Å². The van der Waals surface area contributed by atoms with Crippen molar-refractivity contribution in [3.05, 3.63) is 91.3 Å². The van der Waals surface area contributed by atoms with E-state index < -0.39 is 5.92 Å². The summed E-state index contributed by atoms with van der Waals surface area (Å²) < 4.78 is 13.3. The lowest BCUT2D eigenvalue weighted by atomic mass is 9.64. The van der Waals surface area contributed by atoms with Crippen LogP contribution < -0.4 is 14.8 Å². The number of aryl methyl sites for hydroxylation is 1. The summed E-state index contributed by atoms with van der Waals surface area (Å²) in [4.78, 5) is 27.5. The molecule has 0 unspecified atom stereocenters. The molecule has 0 atom stereocenters. The van der Waals surface area contributed by atoms with E-state index in [0.29, 0.717) is 30.9 Å². The third kappa shape index (κ3) is 5.16. The predicted octanol–water partition coefficient (Wildman–Crippen LogP) is 8.31. The molecule has 6 heteroatoms. The first kappa shape index (κ1) is 29.0. The summed E-state index contributed by atoms with van der Waals surface area (Å²) in [5.41, 5.74) is 6.34. The van der Waals surface area contributed by atoms with E-state index in [1.54, 1.807) is 7.11 Å². The largest absolute Gasteiger partial charge is 0.493 e. The molecule has 218 valence electrons. The van der Waals surface area contributed by atoms with Gasteiger partial charge < -0.3 is 14.8 Å². The number of rotatable bonds is 5. The average Bonchev–Trinajstić information content (AvgIpc) is 2.90. The second-order valence-corrected chi connectivity index (χ2v) is 14.8. The molecule has 3 aromatic carbocycles. The summed E-state index contributed by atoms with van der Waals surface area (Å²) in [6.45, 7) is 11.1. The van der Waals surface area contributed by atoms with Crippen LogP contribution in [0.25, 0.3) is 10.8 Å². The van der Waals surface area contributed by atoms with E-state index in [0.717, 1.165) is 50.1 Å². The van der Waals surface area contributed by atoms with Crippen molar-refractivity contribution >= 4 is 44.9 Å². The van der Waals surface area contributed by atoms with E-state index in [4.69, 9.17) is 9.47 Å². The number of carbonyl (C=O) groups excluding carboxylic acids is 2. The maximum Gasteiger partial charge on any atom is 0.174 e. The third-order valence-corrected chi connectivity index (χ3v) is 9.74. The number of allylic oxidation sites excluding steroid dienone is 4. The quantitative estimate of drug-likeness (QED) is 0.276. The molecule has 0 saturated heterocycles. The van der Waals surface area contributed by atoms with Gasteiger partial charge in [0.05, 0.1) is 10.7 Å². The van der Waals surface area contributed by atoms with E-state index in [9.17, 15) is 9.59 Å². The number of hydrogen-bond donors (Lipinski definition) is 1. The van der Waals surface area contributed by atoms with Crippen molar-refractivity contribution in [2.24, 2.45) is 10.8 Å². The molecule has 5 nitrogen and oxygen atoms in total. The SMILES string of the molecule is COc1cc(C2C3=C(CC(C)(C)CC3=O)NC3=C2C(=O)CC(C)(C)C3)cc(I)c1OCc1c(C)ccc2ccccc12. The van der Waals surface area contributed by atoms with Gasteiger partial charge in [0.2, 0.25) is 0 Å². The van der Waals surface area contributed by atoms with Crippen molar-refractivity contribution in [2.45, 2.75) is 72.8 Å². The number of nitrogens with one attached hydrogen (secondary N) is 1. The number of fused-ring (bicyclic) bond motifs is 1. The van der Waals surface area contributed by atoms with Crippen LogP contribution in [0, 0.1) is 21.3 Å². The van der Waals surface area contributed by atoms with Crippen molar-refractivity contribution < 1.29 is 19.1 Å². The van der Waals surface area contributed by atoms with Crippen LogP contribution >= 0.6 is 22.6 Å². The fraction of sp³-hybridized carbons (Fsp3) is 0.389. The number of ketones is 2. The van der Waals surface area contributed by atoms with Crippen LogP contribution in [0.1, 0.15) is 76.0 Å². The zero-order valence-electron chi connectivity index (χ0n) is 25.2. The van der Waals surface area contributed by atoms with Gasteiger partial charge in [-0.1, -0.05) is 64.1 Å². The van der Waals surface area contributed by atoms with E-state index >= 15 is 0 Å². The second-order valence-electron chi connectivity index (χ2n) is 13.6. The van der Waals surface area contributed by atoms with Crippen molar-refractivity contribution in [2.75, 3.05) is 7.11 Å². The summed E-state index contributed by atoms with van der Waals surface area (Å²) in [5.74, 6) is 1.08. The van der Waals surface area contributed by atoms with Crippen molar-refractivity contribution in [3.63, 3.8) is 0 Å². The molecule has 2 aliphatic carbocycles. The number of dihydropyridines is 1. The fourth-order valence-corrected chi connectivity index (χ4v) is 7.83. The Morgan fingerprint density at radius 3 is 2.12 bits per heavy atom. The Kier molecular flexibility index (Phi) is 7.27. The number of halogens is 1. The van der Waals surface area contributed by atoms with E-state index in [-0.39, 0.29) is 22.4 Å². The molecular weight excluding hydrogens is 637 g/mol. The second kappa shape index (κ2) is 10.5. The standard InChI is InChI=1S/C36H38INO4/c1-20-11-12-21-9-7-8-10-23(21)24(20)19-42-34-25(37)13-22(14-30(34)41-6)31-32-26(15-35(2,3)17-28(32)39)38-27-16-36(4,5)18-29(40)33(27)31/h7-14,31,38H,15-19H2,1-6H3. The first-order valence-corrected chi connectivity index (χ1v) is 15.7. The Morgan fingerprint density at radius 2 is 1.50 bits per heavy atom. The smallest absolute Gasteiger partial charge is 0.174 e. The van der Waals surface area contributed by atoms with E-state index in [2.05, 4.69) is 98.9 Å². The monoisotopic (exact) mass is 675 g/mol. The number of hydrogen-bond acceptors (Lipinski definition) is 5. The minimum Gasteiger partial charge on any atom is -0.493 e. The summed E-state index contributed by atoms with van der Waals surface area (Å²) in [6.07, 6.45) is 2.48. The third-order valence-electron chi connectivity index (χ3n) is 8.94. The van der Waals surface area contributed by atoms with Crippen molar-refractivity contribution in [1.29, 1.82) is 0 Å². The summed E-state index contributed by atoms with van der Waals surface area (Å²) in [5, 5.41) is 5.96. The molecular formula is C36H38INO4. The Hall–Kier alpha value is -3.13. The maximum absolute atomic E-state index is 13.8. The van der Waals surface area contributed by atoms with Crippen LogP contribution in [0.15, 0.2) is 71.1 Å². The molecule has 0 saturated carbocycles. The van der Waals surface area contributed by atoms with Gasteiger partial charge in [0.1, 0.15) is 6.61 Å². The van der Waals surface area contributed by atoms with Gasteiger partial charge in [0.25, 0.3) is 0 Å². The normalized spacial score (nSPS) is 19.9. The van der Waals surface area contributed by atoms with Crippen molar-refractivity contribution in [1.82, 2.24) is 5.32 Å². The van der Waals surface area contributed by atoms with Crippen LogP contribution in [0.2, 0.25) is 0 Å². The van der Waals surface area contributed by atoms with Crippen LogP contribution in [0.3, 0.4) is 0 Å². The number of carbonyl (C=O) groups is 2. The van der Waals surface area contributed by atoms with Crippen LogP contribution in [0.4, 0.5) is 0 Å². The molecule has 0 radical (unpaired) electrons. The number of ether oxygens (including phenoxy) is 2. The zero-order valence-corrected chi connectivity index (χ0v) is 27.4. The summed E-state index contributed by atoms with van der Waals surface area (Å²) in [7, 11) is 1.64. The molecule has 0 fully saturated rings. The van der Waals surface area contributed by atoms with Gasteiger partial charge >= 0.3 is 0 Å². The highest BCUT2D eigenvalue weighted by Crippen LogP contribution is 2.52. The molecule has 6 rings (SSSR count). The molecule has 1 N–H and O–H groups in total. The van der Waals surface area contributed by atoms with Gasteiger partial charge in [-0.25, -0.2) is 0 Å². The lowest BCUT2D eigenvalue weighted by molar-refractivity contribution is -0.119. The lowest BCUT2D eigenvalue weighted by Crippen LogP contribution is -2.42. The number of benzene rings is 3. The minimum absolute atomic E-state index is 0.115. The predicted molar refractivity (Wildman–Crippen MR) is 175 cm³/mol. The first-order valence-electron chi connectivity index (χ1n) is 14.6. The molecule has 1 aliphatic heterocycles. The van der Waals surface area contributed by atoms with Crippen LogP contribution in [0.5, 0.6) is 11.5 Å². The highest BCUT2D eigenvalue weighted by molar-refractivity contribution is 14.1. The fourth-order valence-electron chi connectivity index (χ4n) is 7.05. The van der Waals surface area contributed by atoms with Gasteiger partial charge in [-0.15, -0.1) is 0 Å². The topological polar surface area (TPSA) is 64.6 Å². The Bertz CT molecular complexity index is 1660. The molecule has 0 bridgehead atoms. The highest BCUT2D eigenvalue weighted by Gasteiger charge is 2.46. The number of methoxy groups -OCH3 is 1. The van der Waals surface area contributed by atoms with Crippen LogP contribution in [-0.2, 0) is 16.2 Å². The molecule has 0 aromatic heterocycles. The first-order chi connectivity index (χ1) is 19.9. The van der Waals surface area contributed by atoms with Gasteiger partial charge in [0, 0.05) is 46.9 Å². The van der Waals surface area contributed by atoms with Gasteiger partial charge in [0.15, 0.2) is 23.1 Å². The van der Waals surface area contributed by atoms with E-state index in [1.165, 1.54) is 16.3 Å². The van der Waals surface area contributed by atoms with Gasteiger partial charge in [-0.05, 0) is 87.2 Å². The van der Waals surface area contributed by atoms with Gasteiger partial charge in [-0.2, -0.15) is 0 Å². The molecule has 1 heterocycles. The van der Waals surface area contributed by atoms with Crippen molar-refractivity contribution in [3.8, 4) is 11.5 Å². The Labute approximate surface area is 261 Å². The maximum atomic E-state index is 13.8. The minimum atomic E-state index is -0.416. The Morgan fingerprint density at radius 1 is 0.881 bits per heavy atom. The molecule has 42 heavy (non-hydrogen) atoms. The molecule has 3 aliphatic rings. The highest BCUT2D eigenvalue weighted by atomic mass is 127.